The van der Waals surface area contributed by atoms with Crippen LogP contribution in [-0.2, 0) is 11.3 Å². The van der Waals surface area contributed by atoms with Gasteiger partial charge in [-0.2, -0.15) is 0 Å². The second-order valence-corrected chi connectivity index (χ2v) is 8.77. The van der Waals surface area contributed by atoms with Gasteiger partial charge in [-0.1, -0.05) is 48.0 Å². The Morgan fingerprint density at radius 2 is 1.78 bits per heavy atom. The van der Waals surface area contributed by atoms with Crippen LogP contribution in [0.5, 0.6) is 0 Å². The number of rotatable bonds is 4. The number of hydrogen-bond acceptors (Lipinski definition) is 5. The fourth-order valence-corrected chi connectivity index (χ4v) is 4.80. The van der Waals surface area contributed by atoms with Crippen LogP contribution in [0.3, 0.4) is 0 Å². The molecule has 1 amide bonds. The first kappa shape index (κ1) is 20.1. The number of thiophene rings is 1. The summed E-state index contributed by atoms with van der Waals surface area (Å²) in [6, 6.07) is 14.1. The molecule has 0 saturated carbocycles. The SMILES string of the molecule is Cc1ccc(-c2csc3c2ncn2c(=O)n(CC(=O)Nc4c(C)cccc4C)nc32)cc1. The van der Waals surface area contributed by atoms with E-state index in [1.165, 1.54) is 32.3 Å². The zero-order valence-electron chi connectivity index (χ0n) is 17.9. The number of benzene rings is 2. The number of aromatic nitrogens is 4. The number of para-hydroxylation sites is 1. The molecule has 0 bridgehead atoms. The summed E-state index contributed by atoms with van der Waals surface area (Å²) in [5.74, 6) is -0.302. The molecule has 1 N–H and O–H groups in total. The molecule has 0 spiro atoms. The minimum Gasteiger partial charge on any atom is -0.324 e. The third kappa shape index (κ3) is 3.38. The molecule has 3 heterocycles. The second kappa shape index (κ2) is 7.72. The van der Waals surface area contributed by atoms with Crippen LogP contribution in [0.1, 0.15) is 16.7 Å². The van der Waals surface area contributed by atoms with Crippen molar-refractivity contribution in [1.29, 1.82) is 0 Å². The Kier molecular flexibility index (Phi) is 4.86. The molecule has 5 aromatic rings. The summed E-state index contributed by atoms with van der Waals surface area (Å²) in [6.07, 6.45) is 1.48. The van der Waals surface area contributed by atoms with Crippen molar-refractivity contribution in [2.45, 2.75) is 27.3 Å². The van der Waals surface area contributed by atoms with Gasteiger partial charge in [-0.05, 0) is 37.5 Å². The third-order valence-electron chi connectivity index (χ3n) is 5.54. The number of hydrogen-bond donors (Lipinski definition) is 1. The second-order valence-electron chi connectivity index (χ2n) is 7.89. The Bertz CT molecular complexity index is 1520. The molecule has 0 radical (unpaired) electrons. The number of nitrogens with one attached hydrogen (secondary N) is 1. The fourth-order valence-electron chi connectivity index (χ4n) is 3.80. The number of anilines is 1. The molecular weight excluding hydrogens is 422 g/mol. The standard InChI is InChI=1S/C24H21N5O2S/c1-14-7-9-17(10-8-14)18-12-32-22-21(18)25-13-28-23(22)27-29(24(28)31)11-19(30)26-20-15(2)5-4-6-16(20)3/h4-10,12-13H,11H2,1-3H3,(H,26,30). The number of carbonyl (C=O) groups is 1. The topological polar surface area (TPSA) is 81.3 Å². The molecule has 32 heavy (non-hydrogen) atoms. The minimum atomic E-state index is -0.392. The van der Waals surface area contributed by atoms with E-state index in [1.807, 2.05) is 44.4 Å². The van der Waals surface area contributed by atoms with Gasteiger partial charge in [0.1, 0.15) is 12.9 Å². The number of fused-ring (bicyclic) bond motifs is 3. The maximum absolute atomic E-state index is 12.9. The zero-order valence-corrected chi connectivity index (χ0v) is 18.7. The first-order valence-electron chi connectivity index (χ1n) is 10.2. The van der Waals surface area contributed by atoms with Crippen molar-refractivity contribution < 1.29 is 4.79 Å². The van der Waals surface area contributed by atoms with Crippen LogP contribution < -0.4 is 11.0 Å². The van der Waals surface area contributed by atoms with Crippen molar-refractivity contribution in [2.75, 3.05) is 5.32 Å². The monoisotopic (exact) mass is 443 g/mol. The van der Waals surface area contributed by atoms with Crippen LogP contribution in [-0.4, -0.2) is 25.1 Å². The lowest BCUT2D eigenvalue weighted by atomic mass is 10.1. The van der Waals surface area contributed by atoms with Crippen molar-refractivity contribution >= 4 is 38.8 Å². The van der Waals surface area contributed by atoms with Crippen molar-refractivity contribution in [2.24, 2.45) is 0 Å². The highest BCUT2D eigenvalue weighted by atomic mass is 32.1. The Hall–Kier alpha value is -3.78. The van der Waals surface area contributed by atoms with Crippen LogP contribution in [0, 0.1) is 20.8 Å². The van der Waals surface area contributed by atoms with E-state index in [2.05, 4.69) is 39.7 Å². The highest BCUT2D eigenvalue weighted by Crippen LogP contribution is 2.34. The van der Waals surface area contributed by atoms with Crippen molar-refractivity contribution in [3.63, 3.8) is 0 Å². The quantitative estimate of drug-likeness (QED) is 0.448. The Balaban J connectivity index is 1.51. The molecule has 0 unspecified atom stereocenters. The summed E-state index contributed by atoms with van der Waals surface area (Å²) >= 11 is 1.49. The molecule has 5 rings (SSSR count). The predicted molar refractivity (Wildman–Crippen MR) is 127 cm³/mol. The van der Waals surface area contributed by atoms with Crippen LogP contribution in [0.2, 0.25) is 0 Å². The molecule has 8 heteroatoms. The lowest BCUT2D eigenvalue weighted by Gasteiger charge is -2.10. The Morgan fingerprint density at radius 3 is 2.50 bits per heavy atom. The summed E-state index contributed by atoms with van der Waals surface area (Å²) in [5, 5.41) is 9.40. The molecule has 0 saturated heterocycles. The number of amides is 1. The van der Waals surface area contributed by atoms with E-state index in [1.54, 1.807) is 0 Å². The smallest absolute Gasteiger partial charge is 0.324 e. The van der Waals surface area contributed by atoms with Crippen LogP contribution >= 0.6 is 11.3 Å². The average molecular weight is 444 g/mol. The number of nitrogens with zero attached hydrogens (tertiary/aromatic N) is 4. The molecule has 7 nitrogen and oxygen atoms in total. The van der Waals surface area contributed by atoms with E-state index in [0.29, 0.717) is 5.65 Å². The van der Waals surface area contributed by atoms with E-state index in [4.69, 9.17) is 0 Å². The van der Waals surface area contributed by atoms with E-state index in [-0.39, 0.29) is 12.5 Å². The summed E-state index contributed by atoms with van der Waals surface area (Å²) in [7, 11) is 0. The van der Waals surface area contributed by atoms with Crippen LogP contribution in [0.25, 0.3) is 27.0 Å². The van der Waals surface area contributed by atoms with Gasteiger partial charge in [0.15, 0.2) is 5.65 Å². The molecule has 0 aliphatic carbocycles. The largest absolute Gasteiger partial charge is 0.352 e. The lowest BCUT2D eigenvalue weighted by molar-refractivity contribution is -0.117. The molecular formula is C24H21N5O2S. The predicted octanol–water partition coefficient (Wildman–Crippen LogP) is 4.34. The van der Waals surface area contributed by atoms with Gasteiger partial charge in [0.2, 0.25) is 5.91 Å². The highest BCUT2D eigenvalue weighted by molar-refractivity contribution is 7.18. The van der Waals surface area contributed by atoms with Gasteiger partial charge in [-0.15, -0.1) is 16.4 Å². The van der Waals surface area contributed by atoms with Gasteiger partial charge in [0.25, 0.3) is 0 Å². The summed E-state index contributed by atoms with van der Waals surface area (Å²) in [5.41, 5.74) is 6.86. The maximum Gasteiger partial charge on any atom is 0.352 e. The van der Waals surface area contributed by atoms with Gasteiger partial charge in [0, 0.05) is 16.6 Å². The maximum atomic E-state index is 12.9. The van der Waals surface area contributed by atoms with E-state index in [9.17, 15) is 9.59 Å². The molecule has 160 valence electrons. The van der Waals surface area contributed by atoms with Crippen LogP contribution in [0.15, 0.2) is 59.0 Å². The van der Waals surface area contributed by atoms with Gasteiger partial charge in [-0.3, -0.25) is 4.79 Å². The Morgan fingerprint density at radius 1 is 1.06 bits per heavy atom. The lowest BCUT2D eigenvalue weighted by Crippen LogP contribution is -2.28. The summed E-state index contributed by atoms with van der Waals surface area (Å²) in [6.45, 7) is 5.74. The molecule has 0 atom stereocenters. The van der Waals surface area contributed by atoms with Crippen LogP contribution in [0.4, 0.5) is 5.69 Å². The number of aryl methyl sites for hydroxylation is 3. The van der Waals surface area contributed by atoms with E-state index in [0.717, 1.165) is 38.2 Å². The van der Waals surface area contributed by atoms with Gasteiger partial charge >= 0.3 is 5.69 Å². The normalized spacial score (nSPS) is 11.3. The summed E-state index contributed by atoms with van der Waals surface area (Å²) in [4.78, 5) is 30.1. The summed E-state index contributed by atoms with van der Waals surface area (Å²) < 4.78 is 3.39. The molecule has 3 aromatic heterocycles. The Labute approximate surface area is 188 Å². The highest BCUT2D eigenvalue weighted by Gasteiger charge is 2.17. The average Bonchev–Trinajstić information content (AvgIpc) is 3.33. The molecule has 0 fully saturated rings. The number of carbonyl (C=O) groups excluding carboxylic acids is 1. The van der Waals surface area contributed by atoms with E-state index < -0.39 is 5.69 Å². The fraction of sp³-hybridized carbons (Fsp3) is 0.167. The molecule has 2 aromatic carbocycles. The van der Waals surface area contributed by atoms with Crippen molar-refractivity contribution in [3.05, 3.63) is 81.3 Å². The van der Waals surface area contributed by atoms with Gasteiger partial charge < -0.3 is 5.32 Å². The first-order chi connectivity index (χ1) is 15.4. The molecule has 0 aliphatic rings. The minimum absolute atomic E-state index is 0.175. The third-order valence-corrected chi connectivity index (χ3v) is 6.51. The zero-order chi connectivity index (χ0) is 22.4. The van der Waals surface area contributed by atoms with Gasteiger partial charge in [-0.25, -0.2) is 18.9 Å². The first-order valence-corrected chi connectivity index (χ1v) is 11.1. The van der Waals surface area contributed by atoms with Crippen molar-refractivity contribution in [1.82, 2.24) is 19.2 Å². The van der Waals surface area contributed by atoms with Crippen molar-refractivity contribution in [3.8, 4) is 11.1 Å². The van der Waals surface area contributed by atoms with E-state index >= 15 is 0 Å². The van der Waals surface area contributed by atoms with Gasteiger partial charge in [0.05, 0.1) is 10.2 Å². The molecule has 0 aliphatic heterocycles.